The Kier molecular flexibility index (Phi) is 16.7. The van der Waals surface area contributed by atoms with Crippen molar-refractivity contribution >= 4 is 11.9 Å². The fourth-order valence-corrected chi connectivity index (χ4v) is 3.29. The lowest BCUT2D eigenvalue weighted by Gasteiger charge is -2.14. The maximum Gasteiger partial charge on any atom is 0.305 e. The lowest BCUT2D eigenvalue weighted by atomic mass is 9.95. The topological polar surface area (TPSA) is 63.6 Å². The van der Waals surface area contributed by atoms with Crippen LogP contribution >= 0.6 is 0 Å². The number of esters is 1. The minimum atomic E-state index is -0.681. The highest BCUT2D eigenvalue weighted by molar-refractivity contribution is 5.69. The van der Waals surface area contributed by atoms with Crippen molar-refractivity contribution in [3.63, 3.8) is 0 Å². The van der Waals surface area contributed by atoms with E-state index in [1.54, 1.807) is 0 Å². The highest BCUT2D eigenvalue weighted by Gasteiger charge is 2.11. The summed E-state index contributed by atoms with van der Waals surface area (Å²) >= 11 is 0. The molecule has 26 heavy (non-hydrogen) atoms. The Morgan fingerprint density at radius 3 is 1.96 bits per heavy atom. The van der Waals surface area contributed by atoms with Gasteiger partial charge in [-0.05, 0) is 31.1 Å². The second-order valence-electron chi connectivity index (χ2n) is 7.63. The molecule has 0 saturated carbocycles. The van der Waals surface area contributed by atoms with E-state index in [1.807, 2.05) is 0 Å². The number of hydrogen-bond acceptors (Lipinski definition) is 3. The molecule has 4 heteroatoms. The third kappa shape index (κ3) is 15.2. The van der Waals surface area contributed by atoms with Gasteiger partial charge in [-0.15, -0.1) is 0 Å². The van der Waals surface area contributed by atoms with Gasteiger partial charge in [0.15, 0.2) is 0 Å². The van der Waals surface area contributed by atoms with Crippen LogP contribution in [0.15, 0.2) is 0 Å². The first-order valence-electron chi connectivity index (χ1n) is 10.9. The standard InChI is InChI=1S/C22H42O4/c1-4-7-14-20(6-3)18-26-22(25)16-13-11-9-8-10-12-15-19(5-2)17-21(23)24/h19-20H,4-18H2,1-3H3,(H,23,24). The van der Waals surface area contributed by atoms with Crippen LogP contribution in [0.1, 0.15) is 111 Å². The van der Waals surface area contributed by atoms with Gasteiger partial charge < -0.3 is 9.84 Å². The van der Waals surface area contributed by atoms with Crippen LogP contribution in [0.4, 0.5) is 0 Å². The number of aliphatic carboxylic acids is 1. The van der Waals surface area contributed by atoms with Crippen molar-refractivity contribution in [1.82, 2.24) is 0 Å². The van der Waals surface area contributed by atoms with E-state index in [4.69, 9.17) is 9.84 Å². The van der Waals surface area contributed by atoms with Crippen LogP contribution in [0.25, 0.3) is 0 Å². The zero-order valence-corrected chi connectivity index (χ0v) is 17.4. The SMILES string of the molecule is CCCCC(CC)COC(=O)CCCCCCCCC(CC)CC(=O)O. The van der Waals surface area contributed by atoms with Gasteiger partial charge in [-0.2, -0.15) is 0 Å². The molecule has 4 nitrogen and oxygen atoms in total. The van der Waals surface area contributed by atoms with Crippen LogP contribution in [-0.4, -0.2) is 23.7 Å². The summed E-state index contributed by atoms with van der Waals surface area (Å²) in [5.41, 5.74) is 0. The zero-order valence-electron chi connectivity index (χ0n) is 17.4. The van der Waals surface area contributed by atoms with Crippen LogP contribution in [-0.2, 0) is 14.3 Å². The van der Waals surface area contributed by atoms with E-state index < -0.39 is 5.97 Å². The van der Waals surface area contributed by atoms with Gasteiger partial charge in [-0.1, -0.05) is 78.6 Å². The molecule has 0 bridgehead atoms. The monoisotopic (exact) mass is 370 g/mol. The van der Waals surface area contributed by atoms with Gasteiger partial charge in [0.25, 0.3) is 0 Å². The van der Waals surface area contributed by atoms with E-state index in [9.17, 15) is 9.59 Å². The number of carboxylic acids is 1. The first-order chi connectivity index (χ1) is 12.5. The van der Waals surface area contributed by atoms with Crippen molar-refractivity contribution in [2.75, 3.05) is 6.61 Å². The van der Waals surface area contributed by atoms with Crippen LogP contribution in [0.3, 0.4) is 0 Å². The first kappa shape index (κ1) is 24.9. The maximum atomic E-state index is 11.8. The van der Waals surface area contributed by atoms with Crippen molar-refractivity contribution < 1.29 is 19.4 Å². The van der Waals surface area contributed by atoms with Gasteiger partial charge in [-0.3, -0.25) is 9.59 Å². The largest absolute Gasteiger partial charge is 0.481 e. The molecule has 0 aromatic rings. The molecule has 2 atom stereocenters. The molecule has 0 rings (SSSR count). The molecule has 154 valence electrons. The molecular weight excluding hydrogens is 328 g/mol. The number of carbonyl (C=O) groups is 2. The Bertz CT molecular complexity index is 354. The third-order valence-electron chi connectivity index (χ3n) is 5.31. The highest BCUT2D eigenvalue weighted by Crippen LogP contribution is 2.18. The normalized spacial score (nSPS) is 13.3. The maximum absolute atomic E-state index is 11.8. The summed E-state index contributed by atoms with van der Waals surface area (Å²) in [5.74, 6) is 0.122. The minimum Gasteiger partial charge on any atom is -0.481 e. The summed E-state index contributed by atoms with van der Waals surface area (Å²) in [6.45, 7) is 7.01. The molecule has 0 aromatic heterocycles. The van der Waals surface area contributed by atoms with Gasteiger partial charge in [0, 0.05) is 12.8 Å². The van der Waals surface area contributed by atoms with E-state index >= 15 is 0 Å². The smallest absolute Gasteiger partial charge is 0.305 e. The molecule has 0 heterocycles. The van der Waals surface area contributed by atoms with E-state index in [0.717, 1.165) is 57.8 Å². The molecule has 0 fully saturated rings. The predicted octanol–water partition coefficient (Wildman–Crippen LogP) is 6.37. The minimum absolute atomic E-state index is 0.0422. The van der Waals surface area contributed by atoms with Crippen molar-refractivity contribution in [1.29, 1.82) is 0 Å². The number of carboxylic acid groups (broad SMARTS) is 1. The van der Waals surface area contributed by atoms with E-state index in [0.29, 0.717) is 31.3 Å². The van der Waals surface area contributed by atoms with Crippen LogP contribution in [0, 0.1) is 11.8 Å². The Balaban J connectivity index is 3.53. The zero-order chi connectivity index (χ0) is 19.6. The molecule has 0 aliphatic heterocycles. The molecule has 0 radical (unpaired) electrons. The lowest BCUT2D eigenvalue weighted by molar-refractivity contribution is -0.145. The molecule has 0 aliphatic carbocycles. The van der Waals surface area contributed by atoms with E-state index in [-0.39, 0.29) is 5.97 Å². The molecular formula is C22H42O4. The van der Waals surface area contributed by atoms with Crippen molar-refractivity contribution in [2.24, 2.45) is 11.8 Å². The summed E-state index contributed by atoms with van der Waals surface area (Å²) in [6.07, 6.45) is 14.1. The quantitative estimate of drug-likeness (QED) is 0.225. The summed E-state index contributed by atoms with van der Waals surface area (Å²) in [4.78, 5) is 22.5. The molecule has 0 spiro atoms. The Hall–Kier alpha value is -1.06. The summed E-state index contributed by atoms with van der Waals surface area (Å²) in [7, 11) is 0. The summed E-state index contributed by atoms with van der Waals surface area (Å²) in [6, 6.07) is 0. The average molecular weight is 371 g/mol. The Labute approximate surface area is 161 Å². The van der Waals surface area contributed by atoms with Crippen LogP contribution < -0.4 is 0 Å². The van der Waals surface area contributed by atoms with Crippen molar-refractivity contribution in [3.05, 3.63) is 0 Å². The Morgan fingerprint density at radius 2 is 1.38 bits per heavy atom. The van der Waals surface area contributed by atoms with Gasteiger partial charge in [0.05, 0.1) is 6.61 Å². The number of ether oxygens (including phenoxy) is 1. The number of hydrogen-bond donors (Lipinski definition) is 1. The number of rotatable bonds is 18. The third-order valence-corrected chi connectivity index (χ3v) is 5.31. The average Bonchev–Trinajstić information content (AvgIpc) is 2.62. The van der Waals surface area contributed by atoms with Crippen molar-refractivity contribution in [2.45, 2.75) is 111 Å². The van der Waals surface area contributed by atoms with Gasteiger partial charge in [-0.25, -0.2) is 0 Å². The van der Waals surface area contributed by atoms with Crippen LogP contribution in [0.5, 0.6) is 0 Å². The van der Waals surface area contributed by atoms with E-state index in [1.165, 1.54) is 19.3 Å². The fourth-order valence-electron chi connectivity index (χ4n) is 3.29. The Morgan fingerprint density at radius 1 is 0.808 bits per heavy atom. The first-order valence-corrected chi connectivity index (χ1v) is 10.9. The van der Waals surface area contributed by atoms with E-state index in [2.05, 4.69) is 20.8 Å². The van der Waals surface area contributed by atoms with Gasteiger partial charge >= 0.3 is 11.9 Å². The second-order valence-corrected chi connectivity index (χ2v) is 7.63. The molecule has 2 unspecified atom stereocenters. The van der Waals surface area contributed by atoms with Crippen molar-refractivity contribution in [3.8, 4) is 0 Å². The number of carbonyl (C=O) groups excluding carboxylic acids is 1. The predicted molar refractivity (Wildman–Crippen MR) is 107 cm³/mol. The fraction of sp³-hybridized carbons (Fsp3) is 0.909. The number of unbranched alkanes of at least 4 members (excludes halogenated alkanes) is 6. The lowest BCUT2D eigenvalue weighted by Crippen LogP contribution is -2.13. The molecule has 0 amide bonds. The highest BCUT2D eigenvalue weighted by atomic mass is 16.5. The summed E-state index contributed by atoms with van der Waals surface area (Å²) in [5, 5.41) is 8.84. The molecule has 1 N–H and O–H groups in total. The van der Waals surface area contributed by atoms with Gasteiger partial charge in [0.1, 0.15) is 0 Å². The molecule has 0 saturated heterocycles. The second kappa shape index (κ2) is 17.4. The van der Waals surface area contributed by atoms with Crippen LogP contribution in [0.2, 0.25) is 0 Å². The van der Waals surface area contributed by atoms with Gasteiger partial charge in [0.2, 0.25) is 0 Å². The molecule has 0 aliphatic rings. The molecule has 0 aromatic carbocycles. The summed E-state index contributed by atoms with van der Waals surface area (Å²) < 4.78 is 5.42.